The van der Waals surface area contributed by atoms with Crippen molar-refractivity contribution in [1.29, 1.82) is 0 Å². The van der Waals surface area contributed by atoms with Crippen LogP contribution < -0.4 is 11.1 Å². The van der Waals surface area contributed by atoms with Crippen molar-refractivity contribution in [2.75, 3.05) is 5.32 Å². The highest BCUT2D eigenvalue weighted by molar-refractivity contribution is 5.92. The summed E-state index contributed by atoms with van der Waals surface area (Å²) in [5.41, 5.74) is 3.59. The van der Waals surface area contributed by atoms with Crippen LogP contribution in [0.4, 0.5) is 5.69 Å². The van der Waals surface area contributed by atoms with E-state index in [-0.39, 0.29) is 5.91 Å². The van der Waals surface area contributed by atoms with Crippen molar-refractivity contribution in [1.82, 2.24) is 14.8 Å². The van der Waals surface area contributed by atoms with Crippen molar-refractivity contribution in [2.45, 2.75) is 12.8 Å². The molecule has 4 aromatic rings. The highest BCUT2D eigenvalue weighted by Crippen LogP contribution is 2.16. The van der Waals surface area contributed by atoms with Crippen LogP contribution in [0.25, 0.3) is 16.8 Å². The molecule has 7 heteroatoms. The lowest BCUT2D eigenvalue weighted by Gasteiger charge is -2.04. The van der Waals surface area contributed by atoms with Crippen LogP contribution in [0.1, 0.15) is 12.0 Å². The first-order valence-corrected chi connectivity index (χ1v) is 8.19. The number of benzene rings is 2. The molecule has 0 bridgehead atoms. The largest absolute Gasteiger partial charge is 0.417 e. The summed E-state index contributed by atoms with van der Waals surface area (Å²) >= 11 is 0. The Balaban J connectivity index is 1.37. The highest BCUT2D eigenvalue weighted by atomic mass is 16.4. The SMILES string of the molecule is O=C(CCc1cnn(-c2ccccc2)c1)Nc1ccc2oc(=O)[nH]c2c1. The zero-order chi connectivity index (χ0) is 17.9. The van der Waals surface area contributed by atoms with Gasteiger partial charge in [0.1, 0.15) is 0 Å². The number of anilines is 1. The molecule has 0 aliphatic heterocycles. The van der Waals surface area contributed by atoms with E-state index in [1.165, 1.54) is 0 Å². The van der Waals surface area contributed by atoms with Crippen molar-refractivity contribution < 1.29 is 9.21 Å². The standard InChI is InChI=1S/C19H16N4O3/c24-18(21-14-7-8-17-16(10-14)22-19(25)26-17)9-6-13-11-20-23(12-13)15-4-2-1-3-5-15/h1-5,7-8,10-12H,6,9H2,(H,21,24)(H,22,25). The summed E-state index contributed by atoms with van der Waals surface area (Å²) in [6, 6.07) is 14.8. The molecule has 7 nitrogen and oxygen atoms in total. The molecule has 0 saturated carbocycles. The molecule has 0 unspecified atom stereocenters. The van der Waals surface area contributed by atoms with Crippen molar-refractivity contribution in [3.8, 4) is 5.69 Å². The van der Waals surface area contributed by atoms with Gasteiger partial charge in [0.05, 0.1) is 17.4 Å². The fourth-order valence-corrected chi connectivity index (χ4v) is 2.72. The lowest BCUT2D eigenvalue weighted by Crippen LogP contribution is -2.12. The maximum Gasteiger partial charge on any atom is 0.417 e. The third-order valence-corrected chi connectivity index (χ3v) is 4.00. The average molecular weight is 348 g/mol. The third kappa shape index (κ3) is 3.41. The number of aromatic nitrogens is 3. The average Bonchev–Trinajstić information content (AvgIpc) is 3.26. The van der Waals surface area contributed by atoms with Crippen LogP contribution in [0.2, 0.25) is 0 Å². The van der Waals surface area contributed by atoms with E-state index in [1.807, 2.05) is 36.5 Å². The topological polar surface area (TPSA) is 92.9 Å². The summed E-state index contributed by atoms with van der Waals surface area (Å²) in [6.45, 7) is 0. The summed E-state index contributed by atoms with van der Waals surface area (Å²) in [5, 5.41) is 7.15. The van der Waals surface area contributed by atoms with Gasteiger partial charge in [-0.15, -0.1) is 0 Å². The molecule has 2 aromatic heterocycles. The van der Waals surface area contributed by atoms with Gasteiger partial charge >= 0.3 is 5.76 Å². The molecule has 26 heavy (non-hydrogen) atoms. The number of hydrogen-bond donors (Lipinski definition) is 2. The van der Waals surface area contributed by atoms with E-state index in [1.54, 1.807) is 29.1 Å². The van der Waals surface area contributed by atoms with Crippen LogP contribution in [-0.2, 0) is 11.2 Å². The van der Waals surface area contributed by atoms with Gasteiger partial charge in [-0.05, 0) is 42.3 Å². The first-order valence-electron chi connectivity index (χ1n) is 8.19. The Kier molecular flexibility index (Phi) is 4.10. The van der Waals surface area contributed by atoms with Gasteiger partial charge in [-0.2, -0.15) is 5.10 Å². The van der Waals surface area contributed by atoms with Gasteiger partial charge in [0, 0.05) is 18.3 Å². The zero-order valence-corrected chi connectivity index (χ0v) is 13.8. The minimum Gasteiger partial charge on any atom is -0.408 e. The van der Waals surface area contributed by atoms with E-state index < -0.39 is 5.76 Å². The Hall–Kier alpha value is -3.61. The molecule has 0 spiro atoms. The molecule has 0 fully saturated rings. The number of aryl methyl sites for hydroxylation is 1. The summed E-state index contributed by atoms with van der Waals surface area (Å²) in [7, 11) is 0. The molecular formula is C19H16N4O3. The van der Waals surface area contributed by atoms with Crippen molar-refractivity contribution >= 4 is 22.7 Å². The Labute approximate surface area is 148 Å². The second-order valence-electron chi connectivity index (χ2n) is 5.90. The minimum absolute atomic E-state index is 0.109. The summed E-state index contributed by atoms with van der Waals surface area (Å²) in [6.07, 6.45) is 4.61. The predicted octanol–water partition coefficient (Wildman–Crippen LogP) is 2.88. The van der Waals surface area contributed by atoms with E-state index in [4.69, 9.17) is 4.42 Å². The Bertz CT molecular complexity index is 1110. The zero-order valence-electron chi connectivity index (χ0n) is 13.8. The van der Waals surface area contributed by atoms with Crippen LogP contribution in [-0.4, -0.2) is 20.7 Å². The van der Waals surface area contributed by atoms with Gasteiger partial charge in [-0.1, -0.05) is 18.2 Å². The molecule has 130 valence electrons. The van der Waals surface area contributed by atoms with Crippen molar-refractivity contribution in [3.05, 3.63) is 77.0 Å². The van der Waals surface area contributed by atoms with Gasteiger partial charge in [-0.3, -0.25) is 9.78 Å². The lowest BCUT2D eigenvalue weighted by atomic mass is 10.2. The van der Waals surface area contributed by atoms with E-state index in [2.05, 4.69) is 15.4 Å². The number of nitrogens with zero attached hydrogens (tertiary/aromatic N) is 2. The molecule has 2 N–H and O–H groups in total. The first kappa shape index (κ1) is 15.9. The summed E-state index contributed by atoms with van der Waals surface area (Å²) in [5.74, 6) is -0.624. The van der Waals surface area contributed by atoms with E-state index in [9.17, 15) is 9.59 Å². The highest BCUT2D eigenvalue weighted by Gasteiger charge is 2.07. The smallest absolute Gasteiger partial charge is 0.408 e. The van der Waals surface area contributed by atoms with Gasteiger partial charge in [-0.25, -0.2) is 9.48 Å². The molecule has 2 aromatic carbocycles. The Morgan fingerprint density at radius 3 is 2.88 bits per heavy atom. The molecule has 4 rings (SSSR count). The van der Waals surface area contributed by atoms with E-state index in [0.717, 1.165) is 11.3 Å². The van der Waals surface area contributed by atoms with Gasteiger partial charge in [0.15, 0.2) is 5.58 Å². The van der Waals surface area contributed by atoms with E-state index >= 15 is 0 Å². The maximum absolute atomic E-state index is 12.2. The fourth-order valence-electron chi connectivity index (χ4n) is 2.72. The number of nitrogens with one attached hydrogen (secondary N) is 2. The van der Waals surface area contributed by atoms with Crippen LogP contribution >= 0.6 is 0 Å². The second kappa shape index (κ2) is 6.72. The normalized spacial score (nSPS) is 10.9. The molecule has 2 heterocycles. The molecule has 0 radical (unpaired) electrons. The minimum atomic E-state index is -0.515. The van der Waals surface area contributed by atoms with E-state index in [0.29, 0.717) is 29.6 Å². The van der Waals surface area contributed by atoms with Crippen LogP contribution in [0, 0.1) is 0 Å². The number of carbonyl (C=O) groups excluding carboxylic acids is 1. The Morgan fingerprint density at radius 1 is 1.19 bits per heavy atom. The number of rotatable bonds is 5. The fraction of sp³-hybridized carbons (Fsp3) is 0.105. The van der Waals surface area contributed by atoms with Crippen LogP contribution in [0.3, 0.4) is 0 Å². The number of carbonyl (C=O) groups is 1. The van der Waals surface area contributed by atoms with Crippen LogP contribution in [0.15, 0.2) is 70.1 Å². The van der Waals surface area contributed by atoms with Gasteiger partial charge in [0.25, 0.3) is 0 Å². The first-order chi connectivity index (χ1) is 12.7. The predicted molar refractivity (Wildman–Crippen MR) is 97.3 cm³/mol. The van der Waals surface area contributed by atoms with Crippen LogP contribution in [0.5, 0.6) is 0 Å². The monoisotopic (exact) mass is 348 g/mol. The number of oxazole rings is 1. The maximum atomic E-state index is 12.2. The number of H-pyrrole nitrogens is 1. The number of hydrogen-bond acceptors (Lipinski definition) is 4. The van der Waals surface area contributed by atoms with Crippen molar-refractivity contribution in [2.24, 2.45) is 0 Å². The Morgan fingerprint density at radius 2 is 2.04 bits per heavy atom. The molecule has 0 aliphatic carbocycles. The number of aromatic amines is 1. The van der Waals surface area contributed by atoms with Crippen molar-refractivity contribution in [3.63, 3.8) is 0 Å². The number of fused-ring (bicyclic) bond motifs is 1. The summed E-state index contributed by atoms with van der Waals surface area (Å²) in [4.78, 5) is 25.9. The van der Waals surface area contributed by atoms with Gasteiger partial charge < -0.3 is 9.73 Å². The number of amides is 1. The number of para-hydroxylation sites is 1. The molecule has 0 saturated heterocycles. The lowest BCUT2D eigenvalue weighted by molar-refractivity contribution is -0.116. The molecule has 1 amide bonds. The second-order valence-corrected chi connectivity index (χ2v) is 5.90. The van der Waals surface area contributed by atoms with Gasteiger partial charge in [0.2, 0.25) is 5.91 Å². The molecule has 0 atom stereocenters. The quantitative estimate of drug-likeness (QED) is 0.580. The third-order valence-electron chi connectivity index (χ3n) is 4.00. The molecular weight excluding hydrogens is 332 g/mol. The molecule has 0 aliphatic rings. The summed E-state index contributed by atoms with van der Waals surface area (Å²) < 4.78 is 6.73.